The molecule has 0 heterocycles. The summed E-state index contributed by atoms with van der Waals surface area (Å²) in [7, 11) is 3.31. The topological polar surface area (TPSA) is 65.5 Å². The number of rotatable bonds is 6. The molecule has 0 saturated carbocycles. The van der Waals surface area contributed by atoms with Crippen LogP contribution in [0.3, 0.4) is 0 Å². The molecule has 0 aliphatic rings. The third kappa shape index (κ3) is 7.02. The molecule has 1 aromatic rings. The van der Waals surface area contributed by atoms with E-state index in [1.807, 2.05) is 20.8 Å². The number of aliphatic imine (C=N–C) groups is 1. The van der Waals surface area contributed by atoms with E-state index in [2.05, 4.69) is 20.9 Å². The molecule has 0 atom stereocenters. The van der Waals surface area contributed by atoms with Crippen molar-refractivity contribution < 1.29 is 9.18 Å². The number of nitrogens with zero attached hydrogens (tertiary/aromatic N) is 1. The molecule has 0 saturated heterocycles. The standard InChI is InChI=1S/C17H27FN4O.HI/c1-12-10-14(18)7-6-13(12)8-9-21-16(20-5)22-11-17(2,3)15(23)19-4;/h6-7,10H,8-9,11H2,1-5H3,(H,19,23)(H2,20,21,22);1H. The number of amides is 1. The summed E-state index contributed by atoms with van der Waals surface area (Å²) in [6, 6.07) is 4.81. The van der Waals surface area contributed by atoms with Gasteiger partial charge in [-0.2, -0.15) is 0 Å². The maximum atomic E-state index is 13.1. The lowest BCUT2D eigenvalue weighted by Crippen LogP contribution is -2.47. The summed E-state index contributed by atoms with van der Waals surface area (Å²) in [6.45, 7) is 6.79. The number of nitrogens with one attached hydrogen (secondary N) is 3. The highest BCUT2D eigenvalue weighted by molar-refractivity contribution is 14.0. The van der Waals surface area contributed by atoms with Crippen LogP contribution in [-0.4, -0.2) is 39.1 Å². The summed E-state index contributed by atoms with van der Waals surface area (Å²) >= 11 is 0. The number of hydrogen-bond donors (Lipinski definition) is 3. The third-order valence-corrected chi connectivity index (χ3v) is 3.75. The van der Waals surface area contributed by atoms with Gasteiger partial charge in [0, 0.05) is 27.2 Å². The maximum absolute atomic E-state index is 13.1. The smallest absolute Gasteiger partial charge is 0.227 e. The van der Waals surface area contributed by atoms with Gasteiger partial charge in [-0.25, -0.2) is 4.39 Å². The van der Waals surface area contributed by atoms with E-state index >= 15 is 0 Å². The van der Waals surface area contributed by atoms with E-state index in [0.29, 0.717) is 19.0 Å². The molecule has 5 nitrogen and oxygen atoms in total. The SMILES string of the molecule is CN=C(NCCc1ccc(F)cc1C)NCC(C)(C)C(=O)NC.I. The molecule has 1 aromatic carbocycles. The van der Waals surface area contributed by atoms with Crippen molar-refractivity contribution in [3.8, 4) is 0 Å². The summed E-state index contributed by atoms with van der Waals surface area (Å²) < 4.78 is 13.1. The van der Waals surface area contributed by atoms with Gasteiger partial charge in [0.25, 0.3) is 0 Å². The first kappa shape index (κ1) is 22.6. The normalized spacial score (nSPS) is 11.5. The summed E-state index contributed by atoms with van der Waals surface area (Å²) in [4.78, 5) is 15.9. The molecule has 0 aromatic heterocycles. The number of halogens is 2. The van der Waals surface area contributed by atoms with Gasteiger partial charge in [-0.15, -0.1) is 24.0 Å². The van der Waals surface area contributed by atoms with Crippen molar-refractivity contribution in [3.05, 3.63) is 35.1 Å². The third-order valence-electron chi connectivity index (χ3n) is 3.75. The zero-order valence-electron chi connectivity index (χ0n) is 15.0. The predicted octanol–water partition coefficient (Wildman–Crippen LogP) is 2.23. The largest absolute Gasteiger partial charge is 0.359 e. The summed E-state index contributed by atoms with van der Waals surface area (Å²) in [5, 5.41) is 9.01. The average Bonchev–Trinajstić information content (AvgIpc) is 2.51. The first-order valence-electron chi connectivity index (χ1n) is 7.72. The highest BCUT2D eigenvalue weighted by atomic mass is 127. The van der Waals surface area contributed by atoms with E-state index < -0.39 is 5.41 Å². The second kappa shape index (κ2) is 10.5. The van der Waals surface area contributed by atoms with Crippen molar-refractivity contribution in [2.75, 3.05) is 27.2 Å². The van der Waals surface area contributed by atoms with Crippen LogP contribution in [0.5, 0.6) is 0 Å². The molecule has 0 unspecified atom stereocenters. The van der Waals surface area contributed by atoms with Crippen molar-refractivity contribution in [1.82, 2.24) is 16.0 Å². The van der Waals surface area contributed by atoms with Gasteiger partial charge in [0.05, 0.1) is 5.41 Å². The Kier molecular flexibility index (Phi) is 9.88. The zero-order valence-corrected chi connectivity index (χ0v) is 17.3. The van der Waals surface area contributed by atoms with Gasteiger partial charge < -0.3 is 16.0 Å². The molecular formula is C17H28FIN4O. The van der Waals surface area contributed by atoms with Crippen molar-refractivity contribution in [1.29, 1.82) is 0 Å². The minimum absolute atomic E-state index is 0. The monoisotopic (exact) mass is 450 g/mol. The van der Waals surface area contributed by atoms with Crippen LogP contribution in [0, 0.1) is 18.2 Å². The fraction of sp³-hybridized carbons (Fsp3) is 0.529. The number of carbonyl (C=O) groups excluding carboxylic acids is 1. The Balaban J connectivity index is 0.00000529. The zero-order chi connectivity index (χ0) is 17.5. The summed E-state index contributed by atoms with van der Waals surface area (Å²) in [5.74, 6) is 0.400. The molecule has 7 heteroatoms. The van der Waals surface area contributed by atoms with Crippen LogP contribution in [0.25, 0.3) is 0 Å². The number of aryl methyl sites for hydroxylation is 1. The van der Waals surface area contributed by atoms with E-state index in [0.717, 1.165) is 17.5 Å². The minimum Gasteiger partial charge on any atom is -0.359 e. The summed E-state index contributed by atoms with van der Waals surface area (Å²) in [5.41, 5.74) is 1.51. The lowest BCUT2D eigenvalue weighted by Gasteiger charge is -2.24. The number of benzene rings is 1. The Hall–Kier alpha value is -1.38. The van der Waals surface area contributed by atoms with Crippen molar-refractivity contribution in [2.45, 2.75) is 27.2 Å². The average molecular weight is 450 g/mol. The first-order valence-corrected chi connectivity index (χ1v) is 7.72. The van der Waals surface area contributed by atoms with Gasteiger partial charge in [-0.05, 0) is 50.5 Å². The Labute approximate surface area is 160 Å². The van der Waals surface area contributed by atoms with Gasteiger partial charge in [0.1, 0.15) is 5.82 Å². The highest BCUT2D eigenvalue weighted by Crippen LogP contribution is 2.13. The predicted molar refractivity (Wildman–Crippen MR) is 107 cm³/mol. The van der Waals surface area contributed by atoms with E-state index in [1.54, 1.807) is 20.2 Å². The van der Waals surface area contributed by atoms with Gasteiger partial charge in [0.15, 0.2) is 5.96 Å². The van der Waals surface area contributed by atoms with Crippen LogP contribution in [0.4, 0.5) is 4.39 Å². The number of carbonyl (C=O) groups is 1. The van der Waals surface area contributed by atoms with Crippen LogP contribution >= 0.6 is 24.0 Å². The Bertz CT molecular complexity index is 576. The fourth-order valence-corrected chi connectivity index (χ4v) is 2.20. The molecule has 0 fully saturated rings. The number of guanidine groups is 1. The fourth-order valence-electron chi connectivity index (χ4n) is 2.20. The van der Waals surface area contributed by atoms with Gasteiger partial charge in [-0.3, -0.25) is 9.79 Å². The molecule has 3 N–H and O–H groups in total. The Morgan fingerprint density at radius 2 is 1.96 bits per heavy atom. The summed E-state index contributed by atoms with van der Waals surface area (Å²) in [6.07, 6.45) is 0.769. The minimum atomic E-state index is -0.528. The quantitative estimate of drug-likeness (QED) is 0.354. The van der Waals surface area contributed by atoms with Crippen molar-refractivity contribution in [3.63, 3.8) is 0 Å². The van der Waals surface area contributed by atoms with Crippen molar-refractivity contribution >= 4 is 35.8 Å². The molecule has 0 radical (unpaired) electrons. The van der Waals surface area contributed by atoms with Gasteiger partial charge in [0.2, 0.25) is 5.91 Å². The second-order valence-corrected chi connectivity index (χ2v) is 6.14. The van der Waals surface area contributed by atoms with Gasteiger partial charge >= 0.3 is 0 Å². The lowest BCUT2D eigenvalue weighted by atomic mass is 9.92. The molecule has 1 amide bonds. The molecule has 1 rings (SSSR count). The molecular weight excluding hydrogens is 422 g/mol. The van der Waals surface area contributed by atoms with E-state index in [1.165, 1.54) is 12.1 Å². The van der Waals surface area contributed by atoms with Gasteiger partial charge in [-0.1, -0.05) is 6.07 Å². The second-order valence-electron chi connectivity index (χ2n) is 6.14. The van der Waals surface area contributed by atoms with Crippen LogP contribution in [0.2, 0.25) is 0 Å². The van der Waals surface area contributed by atoms with Crippen LogP contribution in [0.1, 0.15) is 25.0 Å². The molecule has 136 valence electrons. The van der Waals surface area contributed by atoms with E-state index in [-0.39, 0.29) is 35.7 Å². The highest BCUT2D eigenvalue weighted by Gasteiger charge is 2.26. The molecule has 0 spiro atoms. The molecule has 0 bridgehead atoms. The Morgan fingerprint density at radius 3 is 2.50 bits per heavy atom. The molecule has 0 aliphatic carbocycles. The molecule has 0 aliphatic heterocycles. The van der Waals surface area contributed by atoms with E-state index in [9.17, 15) is 9.18 Å². The van der Waals surface area contributed by atoms with E-state index in [4.69, 9.17) is 0 Å². The lowest BCUT2D eigenvalue weighted by molar-refractivity contribution is -0.128. The Morgan fingerprint density at radius 1 is 1.29 bits per heavy atom. The van der Waals surface area contributed by atoms with Crippen LogP contribution < -0.4 is 16.0 Å². The maximum Gasteiger partial charge on any atom is 0.227 e. The van der Waals surface area contributed by atoms with Crippen molar-refractivity contribution in [2.24, 2.45) is 10.4 Å². The first-order chi connectivity index (χ1) is 10.8. The number of hydrogen-bond acceptors (Lipinski definition) is 2. The molecule has 24 heavy (non-hydrogen) atoms. The van der Waals surface area contributed by atoms with Crippen LogP contribution in [0.15, 0.2) is 23.2 Å². The van der Waals surface area contributed by atoms with Crippen LogP contribution in [-0.2, 0) is 11.2 Å².